The van der Waals surface area contributed by atoms with E-state index in [1.165, 1.54) is 0 Å². The Morgan fingerprint density at radius 1 is 1.41 bits per heavy atom. The first kappa shape index (κ1) is 18.5. The number of carbonyl (C=O) groups excluding carboxylic acids is 1. The van der Waals surface area contributed by atoms with Gasteiger partial charge in [0.05, 0.1) is 5.56 Å². The number of unbranched alkanes of at least 4 members (excludes halogenated alkanes) is 1. The quantitative estimate of drug-likeness (QED) is 0.807. The highest BCUT2D eigenvalue weighted by molar-refractivity contribution is 5.95. The van der Waals surface area contributed by atoms with Gasteiger partial charge in [0.1, 0.15) is 0 Å². The van der Waals surface area contributed by atoms with Crippen molar-refractivity contribution < 1.29 is 4.79 Å². The summed E-state index contributed by atoms with van der Waals surface area (Å²) in [4.78, 5) is 15.7. The smallest absolute Gasteiger partial charge is 0.253 e. The maximum atomic E-state index is 11.6. The molecular formula is C11H19Cl2N3O. The van der Waals surface area contributed by atoms with Gasteiger partial charge in [0.15, 0.2) is 0 Å². The van der Waals surface area contributed by atoms with E-state index in [0.29, 0.717) is 18.7 Å². The van der Waals surface area contributed by atoms with Crippen molar-refractivity contribution >= 4 is 30.7 Å². The minimum absolute atomic E-state index is 0. The van der Waals surface area contributed by atoms with Crippen LogP contribution in [0.1, 0.15) is 28.9 Å². The molecule has 0 aliphatic heterocycles. The van der Waals surface area contributed by atoms with Crippen LogP contribution in [0.15, 0.2) is 18.3 Å². The molecule has 17 heavy (non-hydrogen) atoms. The first-order chi connectivity index (χ1) is 7.25. The van der Waals surface area contributed by atoms with E-state index >= 15 is 0 Å². The normalized spacial score (nSPS) is 8.82. The summed E-state index contributed by atoms with van der Waals surface area (Å²) in [6.07, 6.45) is 3.54. The molecule has 0 bridgehead atoms. The molecule has 1 amide bonds. The Morgan fingerprint density at radius 3 is 2.71 bits per heavy atom. The van der Waals surface area contributed by atoms with Crippen molar-refractivity contribution in [2.75, 3.05) is 13.1 Å². The molecule has 0 aliphatic carbocycles. The summed E-state index contributed by atoms with van der Waals surface area (Å²) in [5.41, 5.74) is 6.76. The third-order valence-electron chi connectivity index (χ3n) is 2.17. The number of nitrogens with zero attached hydrogens (tertiary/aromatic N) is 1. The molecule has 1 aromatic rings. The molecule has 0 fully saturated rings. The van der Waals surface area contributed by atoms with Crippen LogP contribution in [0, 0.1) is 6.92 Å². The van der Waals surface area contributed by atoms with Gasteiger partial charge < -0.3 is 11.1 Å². The second kappa shape index (κ2) is 10.3. The third-order valence-corrected chi connectivity index (χ3v) is 2.17. The highest BCUT2D eigenvalue weighted by Gasteiger charge is 2.07. The Balaban J connectivity index is 0. The van der Waals surface area contributed by atoms with E-state index in [-0.39, 0.29) is 30.7 Å². The molecule has 0 saturated heterocycles. The monoisotopic (exact) mass is 279 g/mol. The summed E-state index contributed by atoms with van der Waals surface area (Å²) < 4.78 is 0. The van der Waals surface area contributed by atoms with E-state index in [9.17, 15) is 4.79 Å². The summed E-state index contributed by atoms with van der Waals surface area (Å²) in [7, 11) is 0. The third kappa shape index (κ3) is 6.46. The van der Waals surface area contributed by atoms with Crippen molar-refractivity contribution in [3.63, 3.8) is 0 Å². The van der Waals surface area contributed by atoms with Crippen LogP contribution in [0.5, 0.6) is 0 Å². The number of halogens is 2. The summed E-state index contributed by atoms with van der Waals surface area (Å²) in [6.45, 7) is 3.17. The van der Waals surface area contributed by atoms with Crippen LogP contribution < -0.4 is 11.1 Å². The molecule has 1 heterocycles. The van der Waals surface area contributed by atoms with Gasteiger partial charge in [-0.3, -0.25) is 9.78 Å². The molecular weight excluding hydrogens is 261 g/mol. The lowest BCUT2D eigenvalue weighted by molar-refractivity contribution is 0.0952. The molecule has 0 radical (unpaired) electrons. The largest absolute Gasteiger partial charge is 0.352 e. The average Bonchev–Trinajstić information content (AvgIpc) is 2.25. The number of pyridine rings is 1. The van der Waals surface area contributed by atoms with Crippen LogP contribution in [0.4, 0.5) is 0 Å². The SMILES string of the molecule is Cc1ncccc1C(=O)NCCCCN.Cl.Cl. The Kier molecular flexibility index (Phi) is 11.2. The fourth-order valence-corrected chi connectivity index (χ4v) is 1.29. The first-order valence-corrected chi connectivity index (χ1v) is 5.15. The number of hydrogen-bond acceptors (Lipinski definition) is 3. The second-order valence-electron chi connectivity index (χ2n) is 3.39. The molecule has 1 rings (SSSR count). The minimum atomic E-state index is -0.0578. The van der Waals surface area contributed by atoms with Crippen molar-refractivity contribution in [3.8, 4) is 0 Å². The van der Waals surface area contributed by atoms with Gasteiger partial charge in [-0.15, -0.1) is 24.8 Å². The predicted molar refractivity (Wildman–Crippen MR) is 74.1 cm³/mol. The zero-order valence-corrected chi connectivity index (χ0v) is 11.4. The Bertz CT molecular complexity index is 334. The first-order valence-electron chi connectivity index (χ1n) is 5.15. The second-order valence-corrected chi connectivity index (χ2v) is 3.39. The lowest BCUT2D eigenvalue weighted by atomic mass is 10.2. The van der Waals surface area contributed by atoms with E-state index in [1.54, 1.807) is 18.3 Å². The number of aryl methyl sites for hydroxylation is 1. The number of hydrogen-bond donors (Lipinski definition) is 2. The van der Waals surface area contributed by atoms with Crippen LogP contribution in [-0.4, -0.2) is 24.0 Å². The number of nitrogens with two attached hydrogens (primary N) is 1. The zero-order valence-electron chi connectivity index (χ0n) is 9.81. The van der Waals surface area contributed by atoms with Gasteiger partial charge in [-0.1, -0.05) is 0 Å². The number of nitrogens with one attached hydrogen (secondary N) is 1. The van der Waals surface area contributed by atoms with Crippen LogP contribution in [0.3, 0.4) is 0 Å². The van der Waals surface area contributed by atoms with Crippen molar-refractivity contribution in [2.24, 2.45) is 5.73 Å². The molecule has 0 saturated carbocycles. The van der Waals surface area contributed by atoms with Gasteiger partial charge in [-0.25, -0.2) is 0 Å². The molecule has 98 valence electrons. The van der Waals surface area contributed by atoms with Crippen LogP contribution in [0.2, 0.25) is 0 Å². The molecule has 6 heteroatoms. The number of amides is 1. The Labute approximate surface area is 114 Å². The van der Waals surface area contributed by atoms with E-state index in [0.717, 1.165) is 18.5 Å². The molecule has 0 aromatic carbocycles. The van der Waals surface area contributed by atoms with Crippen molar-refractivity contribution in [3.05, 3.63) is 29.6 Å². The summed E-state index contributed by atoms with van der Waals surface area (Å²) >= 11 is 0. The molecule has 0 aliphatic rings. The van der Waals surface area contributed by atoms with E-state index in [1.807, 2.05) is 6.92 Å². The predicted octanol–water partition coefficient (Wildman–Crippen LogP) is 1.70. The van der Waals surface area contributed by atoms with Gasteiger partial charge in [0, 0.05) is 18.4 Å². The van der Waals surface area contributed by atoms with Crippen molar-refractivity contribution in [2.45, 2.75) is 19.8 Å². The Morgan fingerprint density at radius 2 is 2.12 bits per heavy atom. The zero-order chi connectivity index (χ0) is 11.1. The van der Waals surface area contributed by atoms with Gasteiger partial charge in [-0.05, 0) is 38.4 Å². The number of rotatable bonds is 5. The molecule has 0 atom stereocenters. The minimum Gasteiger partial charge on any atom is -0.352 e. The van der Waals surface area contributed by atoms with Gasteiger partial charge in [-0.2, -0.15) is 0 Å². The van der Waals surface area contributed by atoms with E-state index < -0.39 is 0 Å². The number of carbonyl (C=O) groups is 1. The van der Waals surface area contributed by atoms with Crippen LogP contribution >= 0.6 is 24.8 Å². The highest BCUT2D eigenvalue weighted by atomic mass is 35.5. The topological polar surface area (TPSA) is 68.0 Å². The van der Waals surface area contributed by atoms with Crippen molar-refractivity contribution in [1.82, 2.24) is 10.3 Å². The summed E-state index contributed by atoms with van der Waals surface area (Å²) in [5, 5.41) is 2.84. The fraction of sp³-hybridized carbons (Fsp3) is 0.455. The van der Waals surface area contributed by atoms with E-state index in [4.69, 9.17) is 5.73 Å². The van der Waals surface area contributed by atoms with Gasteiger partial charge in [0.25, 0.3) is 5.91 Å². The standard InChI is InChI=1S/C11H17N3O.2ClH/c1-9-10(5-4-8-13-9)11(15)14-7-3-2-6-12;;/h4-5,8H,2-3,6-7,12H2,1H3,(H,14,15);2*1H. The molecule has 0 spiro atoms. The summed E-state index contributed by atoms with van der Waals surface area (Å²) in [6, 6.07) is 3.54. The maximum absolute atomic E-state index is 11.6. The van der Waals surface area contributed by atoms with Crippen LogP contribution in [-0.2, 0) is 0 Å². The van der Waals surface area contributed by atoms with Crippen molar-refractivity contribution in [1.29, 1.82) is 0 Å². The molecule has 3 N–H and O–H groups in total. The molecule has 1 aromatic heterocycles. The lowest BCUT2D eigenvalue weighted by Gasteiger charge is -2.06. The average molecular weight is 280 g/mol. The van der Waals surface area contributed by atoms with Gasteiger partial charge >= 0.3 is 0 Å². The van der Waals surface area contributed by atoms with Crippen LogP contribution in [0.25, 0.3) is 0 Å². The fourth-order valence-electron chi connectivity index (χ4n) is 1.29. The number of aromatic nitrogens is 1. The molecule has 4 nitrogen and oxygen atoms in total. The molecule has 0 unspecified atom stereocenters. The Hall–Kier alpha value is -0.840. The van der Waals surface area contributed by atoms with Gasteiger partial charge in [0.2, 0.25) is 0 Å². The maximum Gasteiger partial charge on any atom is 0.253 e. The lowest BCUT2D eigenvalue weighted by Crippen LogP contribution is -2.25. The summed E-state index contributed by atoms with van der Waals surface area (Å²) in [5.74, 6) is -0.0578. The van der Waals surface area contributed by atoms with E-state index in [2.05, 4.69) is 10.3 Å². The highest BCUT2D eigenvalue weighted by Crippen LogP contribution is 2.02.